The minimum Gasteiger partial charge on any atom is -0.490 e. The van der Waals surface area contributed by atoms with Gasteiger partial charge in [-0.05, 0) is 12.1 Å². The summed E-state index contributed by atoms with van der Waals surface area (Å²) in [6.45, 7) is -0.591. The SMILES string of the molecule is O=[C]c1ccccc1OCCF. The Morgan fingerprint density at radius 3 is 2.83 bits per heavy atom. The third-order valence-electron chi connectivity index (χ3n) is 1.33. The summed E-state index contributed by atoms with van der Waals surface area (Å²) in [4.78, 5) is 10.3. The van der Waals surface area contributed by atoms with Crippen molar-refractivity contribution in [1.29, 1.82) is 0 Å². The summed E-state index contributed by atoms with van der Waals surface area (Å²) in [5.41, 5.74) is 0.325. The van der Waals surface area contributed by atoms with E-state index in [1.807, 2.05) is 0 Å². The monoisotopic (exact) mass is 167 g/mol. The van der Waals surface area contributed by atoms with Crippen molar-refractivity contribution in [3.63, 3.8) is 0 Å². The fourth-order valence-corrected chi connectivity index (χ4v) is 0.825. The molecule has 0 aliphatic rings. The minimum absolute atomic E-state index is 0.0291. The van der Waals surface area contributed by atoms with Crippen LogP contribution in [0.15, 0.2) is 24.3 Å². The van der Waals surface area contributed by atoms with Crippen LogP contribution in [0.2, 0.25) is 0 Å². The van der Waals surface area contributed by atoms with Crippen molar-refractivity contribution >= 4 is 6.29 Å². The average Bonchev–Trinajstić information content (AvgIpc) is 2.15. The Balaban J connectivity index is 2.75. The molecule has 0 fully saturated rings. The van der Waals surface area contributed by atoms with Crippen LogP contribution in [0.1, 0.15) is 5.56 Å². The van der Waals surface area contributed by atoms with Gasteiger partial charge in [0.15, 0.2) is 0 Å². The van der Waals surface area contributed by atoms with Gasteiger partial charge in [-0.15, -0.1) is 0 Å². The van der Waals surface area contributed by atoms with Gasteiger partial charge >= 0.3 is 0 Å². The Morgan fingerprint density at radius 2 is 2.17 bits per heavy atom. The van der Waals surface area contributed by atoms with Gasteiger partial charge < -0.3 is 4.74 Å². The van der Waals surface area contributed by atoms with E-state index in [0.717, 1.165) is 0 Å². The number of halogens is 1. The molecule has 1 aromatic rings. The first-order chi connectivity index (χ1) is 5.88. The molecular weight excluding hydrogens is 159 g/mol. The third kappa shape index (κ3) is 2.05. The highest BCUT2D eigenvalue weighted by Crippen LogP contribution is 2.14. The van der Waals surface area contributed by atoms with E-state index in [1.165, 1.54) is 0 Å². The zero-order valence-corrected chi connectivity index (χ0v) is 6.42. The van der Waals surface area contributed by atoms with E-state index >= 15 is 0 Å². The quantitative estimate of drug-likeness (QED) is 0.679. The fourth-order valence-electron chi connectivity index (χ4n) is 0.825. The third-order valence-corrected chi connectivity index (χ3v) is 1.33. The molecule has 3 heteroatoms. The van der Waals surface area contributed by atoms with Gasteiger partial charge in [0, 0.05) is 0 Å². The van der Waals surface area contributed by atoms with Crippen LogP contribution in [0.5, 0.6) is 5.75 Å². The van der Waals surface area contributed by atoms with Crippen molar-refractivity contribution in [2.75, 3.05) is 13.3 Å². The van der Waals surface area contributed by atoms with Crippen LogP contribution >= 0.6 is 0 Å². The van der Waals surface area contributed by atoms with Crippen molar-refractivity contribution in [3.05, 3.63) is 29.8 Å². The largest absolute Gasteiger partial charge is 0.490 e. The van der Waals surface area contributed by atoms with E-state index < -0.39 is 6.67 Å². The average molecular weight is 167 g/mol. The van der Waals surface area contributed by atoms with Gasteiger partial charge in [-0.25, -0.2) is 4.39 Å². The van der Waals surface area contributed by atoms with Gasteiger partial charge in [0.05, 0.1) is 5.56 Å². The van der Waals surface area contributed by atoms with Gasteiger partial charge in [0.25, 0.3) is 0 Å². The van der Waals surface area contributed by atoms with E-state index in [9.17, 15) is 9.18 Å². The van der Waals surface area contributed by atoms with E-state index in [0.29, 0.717) is 11.3 Å². The molecule has 1 rings (SSSR count). The van der Waals surface area contributed by atoms with E-state index in [2.05, 4.69) is 0 Å². The molecule has 0 heterocycles. The van der Waals surface area contributed by atoms with Crippen LogP contribution in [0.3, 0.4) is 0 Å². The Labute approximate surface area is 70.0 Å². The summed E-state index contributed by atoms with van der Waals surface area (Å²) in [5.74, 6) is 0.380. The minimum atomic E-state index is -0.562. The highest BCUT2D eigenvalue weighted by molar-refractivity contribution is 5.79. The van der Waals surface area contributed by atoms with Crippen molar-refractivity contribution in [3.8, 4) is 5.75 Å². The molecule has 0 unspecified atom stereocenters. The first kappa shape index (κ1) is 8.71. The van der Waals surface area contributed by atoms with Crippen LogP contribution in [0, 0.1) is 0 Å². The molecule has 0 saturated heterocycles. The van der Waals surface area contributed by atoms with Crippen molar-refractivity contribution in [2.45, 2.75) is 0 Å². The molecule has 63 valence electrons. The summed E-state index contributed by atoms with van der Waals surface area (Å²) in [5, 5.41) is 0. The van der Waals surface area contributed by atoms with Gasteiger partial charge in [-0.3, -0.25) is 4.79 Å². The Hall–Kier alpha value is -1.38. The lowest BCUT2D eigenvalue weighted by Gasteiger charge is -2.04. The highest BCUT2D eigenvalue weighted by atomic mass is 19.1. The molecule has 0 aromatic heterocycles. The molecule has 1 aromatic carbocycles. The number of hydrogen-bond donors (Lipinski definition) is 0. The molecule has 2 nitrogen and oxygen atoms in total. The van der Waals surface area contributed by atoms with E-state index in [4.69, 9.17) is 4.74 Å². The van der Waals surface area contributed by atoms with Gasteiger partial charge in [0.2, 0.25) is 6.29 Å². The van der Waals surface area contributed by atoms with Crippen LogP contribution in [0.4, 0.5) is 4.39 Å². The molecule has 0 N–H and O–H groups in total. The van der Waals surface area contributed by atoms with Gasteiger partial charge in [-0.1, -0.05) is 12.1 Å². The van der Waals surface area contributed by atoms with Gasteiger partial charge in [0.1, 0.15) is 19.0 Å². The van der Waals surface area contributed by atoms with Crippen molar-refractivity contribution < 1.29 is 13.9 Å². The maximum Gasteiger partial charge on any atom is 0.237 e. The fraction of sp³-hybridized carbons (Fsp3) is 0.222. The molecular formula is C9H8FO2. The number of rotatable bonds is 4. The highest BCUT2D eigenvalue weighted by Gasteiger charge is 2.00. The number of hydrogen-bond acceptors (Lipinski definition) is 2. The summed E-state index contributed by atoms with van der Waals surface area (Å²) in [7, 11) is 0. The maximum atomic E-state index is 11.7. The summed E-state index contributed by atoms with van der Waals surface area (Å²) in [6, 6.07) is 6.59. The summed E-state index contributed by atoms with van der Waals surface area (Å²) >= 11 is 0. The van der Waals surface area contributed by atoms with Crippen LogP contribution in [-0.2, 0) is 4.79 Å². The van der Waals surface area contributed by atoms with Crippen LogP contribution in [0.25, 0.3) is 0 Å². The molecule has 0 amide bonds. The van der Waals surface area contributed by atoms with E-state index in [-0.39, 0.29) is 6.61 Å². The molecule has 1 radical (unpaired) electrons. The van der Waals surface area contributed by atoms with Crippen molar-refractivity contribution in [1.82, 2.24) is 0 Å². The smallest absolute Gasteiger partial charge is 0.237 e. The Morgan fingerprint density at radius 1 is 1.42 bits per heavy atom. The predicted molar refractivity (Wildman–Crippen MR) is 42.7 cm³/mol. The molecule has 0 aliphatic carbocycles. The lowest BCUT2D eigenvalue weighted by molar-refractivity contribution is 0.272. The maximum absolute atomic E-state index is 11.7. The number of benzene rings is 1. The Kier molecular flexibility index (Phi) is 3.26. The standard InChI is InChI=1S/C9H8FO2/c10-5-6-12-9-4-2-1-3-8(9)7-11/h1-4H,5-6H2. The molecule has 0 bridgehead atoms. The molecule has 0 aliphatic heterocycles. The topological polar surface area (TPSA) is 26.3 Å². The van der Waals surface area contributed by atoms with Crippen molar-refractivity contribution in [2.24, 2.45) is 0 Å². The zero-order chi connectivity index (χ0) is 8.81. The first-order valence-corrected chi connectivity index (χ1v) is 3.54. The number of carbonyl (C=O) groups excluding carboxylic acids is 1. The van der Waals surface area contributed by atoms with Crippen LogP contribution in [-0.4, -0.2) is 19.6 Å². The van der Waals surface area contributed by atoms with E-state index in [1.54, 1.807) is 30.6 Å². The number of para-hydroxylation sites is 1. The molecule has 12 heavy (non-hydrogen) atoms. The predicted octanol–water partition coefficient (Wildman–Crippen LogP) is 1.49. The second-order valence-corrected chi connectivity index (χ2v) is 2.14. The second-order valence-electron chi connectivity index (χ2n) is 2.14. The molecule has 0 atom stereocenters. The lowest BCUT2D eigenvalue weighted by Crippen LogP contribution is -2.00. The lowest BCUT2D eigenvalue weighted by atomic mass is 10.2. The number of ether oxygens (including phenoxy) is 1. The Bertz CT molecular complexity index is 260. The van der Waals surface area contributed by atoms with Crippen LogP contribution < -0.4 is 4.74 Å². The molecule has 0 spiro atoms. The zero-order valence-electron chi connectivity index (χ0n) is 6.42. The normalized spacial score (nSPS) is 9.42. The van der Waals surface area contributed by atoms with Gasteiger partial charge in [-0.2, -0.15) is 0 Å². The second kappa shape index (κ2) is 4.49. The number of alkyl halides is 1. The summed E-state index contributed by atoms with van der Waals surface area (Å²) in [6.07, 6.45) is 1.71. The molecule has 0 saturated carbocycles. The first-order valence-electron chi connectivity index (χ1n) is 3.54. The summed E-state index contributed by atoms with van der Waals surface area (Å²) < 4.78 is 16.6.